The molecule has 0 heterocycles. The predicted molar refractivity (Wildman–Crippen MR) is 179 cm³/mol. The second kappa shape index (κ2) is 11.0. The molecule has 0 fully saturated rings. The van der Waals surface area contributed by atoms with Gasteiger partial charge in [0.1, 0.15) is 0 Å². The van der Waals surface area contributed by atoms with Crippen molar-refractivity contribution in [2.45, 2.75) is 73.6 Å². The summed E-state index contributed by atoms with van der Waals surface area (Å²) in [7, 11) is 0. The Hall–Kier alpha value is -2.90. The van der Waals surface area contributed by atoms with Crippen LogP contribution in [-0.2, 0) is 31.8 Å². The Morgan fingerprint density at radius 2 is 1.17 bits per heavy atom. The molecule has 1 heteroatoms. The van der Waals surface area contributed by atoms with Crippen LogP contribution in [0, 0.1) is 13.8 Å². The Kier molecular flexibility index (Phi) is 7.63. The Morgan fingerprint density at radius 1 is 0.619 bits per heavy atom. The molecule has 0 N–H and O–H groups in total. The quantitative estimate of drug-likeness (QED) is 0.185. The van der Waals surface area contributed by atoms with Crippen molar-refractivity contribution in [2.24, 2.45) is 0 Å². The Labute approximate surface area is 261 Å². The van der Waals surface area contributed by atoms with Crippen LogP contribution in [0.3, 0.4) is 0 Å². The van der Waals surface area contributed by atoms with Crippen molar-refractivity contribution in [1.29, 1.82) is 0 Å². The summed E-state index contributed by atoms with van der Waals surface area (Å²) >= 11 is -2.94. The monoisotopic (exact) mass is 716 g/mol. The van der Waals surface area contributed by atoms with E-state index in [4.69, 9.17) is 0 Å². The summed E-state index contributed by atoms with van der Waals surface area (Å²) in [6, 6.07) is 33.2. The number of benzene rings is 4. The molecular weight excluding hydrogens is 671 g/mol. The molecule has 0 nitrogen and oxygen atoms in total. The van der Waals surface area contributed by atoms with Gasteiger partial charge in [0.2, 0.25) is 0 Å². The molecule has 0 bridgehead atoms. The molecule has 6 rings (SSSR count). The van der Waals surface area contributed by atoms with Gasteiger partial charge in [0.05, 0.1) is 0 Å². The second-order valence-corrected chi connectivity index (χ2v) is 23.8. The number of fused-ring (bicyclic) bond motifs is 3. The third-order valence-corrected chi connectivity index (χ3v) is 21.9. The molecule has 2 aliphatic carbocycles. The zero-order valence-corrected chi connectivity index (χ0v) is 30.1. The molecule has 0 radical (unpaired) electrons. The predicted octanol–water partition coefficient (Wildman–Crippen LogP) is 10.8. The molecule has 0 saturated carbocycles. The van der Waals surface area contributed by atoms with Gasteiger partial charge in [-0.2, -0.15) is 0 Å². The molecule has 4 aromatic carbocycles. The van der Waals surface area contributed by atoms with E-state index in [0.717, 1.165) is 0 Å². The number of aryl methyl sites for hydroxylation is 1. The fraction of sp³-hybridized carbons (Fsp3) is 0.293. The number of rotatable bonds is 4. The molecule has 0 amide bonds. The summed E-state index contributed by atoms with van der Waals surface area (Å²) in [6.07, 6.45) is 9.65. The van der Waals surface area contributed by atoms with Gasteiger partial charge in [0, 0.05) is 0 Å². The van der Waals surface area contributed by atoms with Gasteiger partial charge in [-0.15, -0.1) is 0 Å². The van der Waals surface area contributed by atoms with E-state index in [-0.39, 0.29) is 10.8 Å². The first-order valence-corrected chi connectivity index (χ1v) is 21.4. The summed E-state index contributed by atoms with van der Waals surface area (Å²) in [5.74, 6) is 0. The van der Waals surface area contributed by atoms with Crippen molar-refractivity contribution in [3.8, 4) is 11.1 Å². The fourth-order valence-corrected chi connectivity index (χ4v) is 20.7. The zero-order valence-electron chi connectivity index (χ0n) is 26.5. The summed E-state index contributed by atoms with van der Waals surface area (Å²) in [5.41, 5.74) is 14.8. The normalized spacial score (nSPS) is 15.6. The number of allylic oxidation sites excluding steroid dienone is 4. The zero-order chi connectivity index (χ0) is 29.8. The van der Waals surface area contributed by atoms with E-state index in [9.17, 15) is 0 Å². The Bertz CT molecular complexity index is 1670. The molecule has 0 unspecified atom stereocenters. The summed E-state index contributed by atoms with van der Waals surface area (Å²) < 4.78 is 2.61. The van der Waals surface area contributed by atoms with E-state index < -0.39 is 21.0 Å². The van der Waals surface area contributed by atoms with Crippen molar-refractivity contribution in [1.82, 2.24) is 0 Å². The average Bonchev–Trinajstić information content (AvgIpc) is 3.59. The third-order valence-electron chi connectivity index (χ3n) is 9.39. The molecule has 0 atom stereocenters. The molecular formula is C41H44Hf. The van der Waals surface area contributed by atoms with Crippen LogP contribution in [0.1, 0.15) is 89.7 Å². The summed E-state index contributed by atoms with van der Waals surface area (Å²) in [6.45, 7) is 18.7. The van der Waals surface area contributed by atoms with Crippen LogP contribution >= 0.6 is 0 Å². The van der Waals surface area contributed by atoms with Gasteiger partial charge in [-0.25, -0.2) is 0 Å². The first-order chi connectivity index (χ1) is 19.9. The van der Waals surface area contributed by atoms with Crippen LogP contribution in [-0.4, -0.2) is 3.26 Å². The molecule has 212 valence electrons. The van der Waals surface area contributed by atoms with Crippen LogP contribution in [0.5, 0.6) is 0 Å². The van der Waals surface area contributed by atoms with Gasteiger partial charge in [-0.05, 0) is 0 Å². The minimum absolute atomic E-state index is 0.0997. The number of hydrogen-bond donors (Lipinski definition) is 0. The van der Waals surface area contributed by atoms with Crippen molar-refractivity contribution in [3.63, 3.8) is 0 Å². The first kappa shape index (κ1) is 29.2. The maximum absolute atomic E-state index is 2.94. The summed E-state index contributed by atoms with van der Waals surface area (Å²) in [5, 5.41) is 0. The van der Waals surface area contributed by atoms with Crippen LogP contribution in [0.2, 0.25) is 3.67 Å². The van der Waals surface area contributed by atoms with E-state index in [1.54, 1.807) is 14.4 Å². The van der Waals surface area contributed by atoms with E-state index in [2.05, 4.69) is 165 Å². The van der Waals surface area contributed by atoms with Crippen molar-refractivity contribution >= 4 is 3.26 Å². The van der Waals surface area contributed by atoms with Crippen LogP contribution < -0.4 is 0 Å². The van der Waals surface area contributed by atoms with E-state index in [0.29, 0.717) is 7.35 Å². The maximum atomic E-state index is 2.59. The van der Waals surface area contributed by atoms with Gasteiger partial charge in [0.15, 0.2) is 0 Å². The second-order valence-electron chi connectivity index (χ2n) is 14.3. The first-order valence-electron chi connectivity index (χ1n) is 15.5. The van der Waals surface area contributed by atoms with E-state index in [1.165, 1.54) is 44.5 Å². The molecule has 4 aromatic rings. The summed E-state index contributed by atoms with van der Waals surface area (Å²) in [4.78, 5) is 0. The molecule has 2 aliphatic rings. The van der Waals surface area contributed by atoms with Crippen LogP contribution in [0.15, 0.2) is 109 Å². The van der Waals surface area contributed by atoms with E-state index in [1.807, 2.05) is 0 Å². The van der Waals surface area contributed by atoms with Gasteiger partial charge in [0.25, 0.3) is 0 Å². The van der Waals surface area contributed by atoms with Crippen LogP contribution in [0.25, 0.3) is 11.1 Å². The fourth-order valence-electron chi connectivity index (χ4n) is 6.78. The van der Waals surface area contributed by atoms with Crippen molar-refractivity contribution < 1.29 is 21.0 Å². The molecule has 0 aromatic heterocycles. The Balaban J connectivity index is 1.77. The van der Waals surface area contributed by atoms with Gasteiger partial charge in [-0.3, -0.25) is 0 Å². The van der Waals surface area contributed by atoms with Crippen molar-refractivity contribution in [2.75, 3.05) is 0 Å². The van der Waals surface area contributed by atoms with Gasteiger partial charge < -0.3 is 0 Å². The van der Waals surface area contributed by atoms with Gasteiger partial charge in [-0.1, -0.05) is 0 Å². The minimum atomic E-state index is -2.94. The molecule has 0 aliphatic heterocycles. The van der Waals surface area contributed by atoms with Crippen molar-refractivity contribution in [3.05, 3.63) is 154 Å². The SMILES string of the molecule is Cc1cccc([C](c2ccccc2)=[Hf]([CH]2C=CC=C2)[CH]2c3cc(C(C)(C)C)ccc3-c3ccc(C(C)(C)C)cc32)c1C. The standard InChI is InChI=1S/C21H25.C15H14.C5H5.Hf/c1-20(2,3)16-7-9-18-14(12-16)11-15-13-17(21(4,5)6)8-10-19(15)18;1-12-7-6-10-15(13(12)2)11-14-8-4-3-5-9-14;1-2-4-5-3-1;/h7-13H,1-6H3;3-10H,1-2H3;1-5H;. The van der Waals surface area contributed by atoms with Crippen LogP contribution in [0.4, 0.5) is 0 Å². The van der Waals surface area contributed by atoms with E-state index >= 15 is 0 Å². The molecule has 42 heavy (non-hydrogen) atoms. The Morgan fingerprint density at radius 3 is 1.69 bits per heavy atom. The topological polar surface area (TPSA) is 0 Å². The molecule has 0 spiro atoms. The third kappa shape index (κ3) is 5.24. The number of hydrogen-bond acceptors (Lipinski definition) is 0. The average molecular weight is 715 g/mol. The van der Waals surface area contributed by atoms with Gasteiger partial charge >= 0.3 is 263 Å². The molecule has 0 saturated heterocycles.